The highest BCUT2D eigenvalue weighted by Crippen LogP contribution is 2.15. The maximum atomic E-state index is 13.0. The SMILES string of the molecule is Cc1cc(F)ccc1C(=O)N1CCNC[C@@H]1C. The van der Waals surface area contributed by atoms with Gasteiger partial charge in [-0.05, 0) is 37.6 Å². The Balaban J connectivity index is 2.24. The van der Waals surface area contributed by atoms with Crippen molar-refractivity contribution in [3.8, 4) is 0 Å². The summed E-state index contributed by atoms with van der Waals surface area (Å²) in [6.07, 6.45) is 0. The second-order valence-corrected chi connectivity index (χ2v) is 4.51. The molecular weight excluding hydrogens is 219 g/mol. The van der Waals surface area contributed by atoms with Crippen molar-refractivity contribution in [1.82, 2.24) is 10.2 Å². The topological polar surface area (TPSA) is 32.3 Å². The van der Waals surface area contributed by atoms with Gasteiger partial charge in [-0.15, -0.1) is 0 Å². The van der Waals surface area contributed by atoms with E-state index < -0.39 is 0 Å². The molecule has 1 aliphatic rings. The first kappa shape index (κ1) is 12.0. The molecule has 4 heteroatoms. The van der Waals surface area contributed by atoms with Crippen LogP contribution in [0.1, 0.15) is 22.8 Å². The van der Waals surface area contributed by atoms with Gasteiger partial charge in [-0.2, -0.15) is 0 Å². The maximum absolute atomic E-state index is 13.0. The fourth-order valence-electron chi connectivity index (χ4n) is 2.16. The van der Waals surface area contributed by atoms with Crippen LogP contribution in [0.3, 0.4) is 0 Å². The second kappa shape index (κ2) is 4.84. The van der Waals surface area contributed by atoms with Gasteiger partial charge in [-0.25, -0.2) is 4.39 Å². The molecule has 2 rings (SSSR count). The van der Waals surface area contributed by atoms with Crippen LogP contribution in [0.15, 0.2) is 18.2 Å². The number of aryl methyl sites for hydroxylation is 1. The van der Waals surface area contributed by atoms with Crippen LogP contribution in [-0.4, -0.2) is 36.5 Å². The molecule has 0 unspecified atom stereocenters. The summed E-state index contributed by atoms with van der Waals surface area (Å²) in [7, 11) is 0. The molecule has 1 fully saturated rings. The lowest BCUT2D eigenvalue weighted by molar-refractivity contribution is 0.0655. The van der Waals surface area contributed by atoms with E-state index in [0.717, 1.165) is 13.1 Å². The molecule has 0 radical (unpaired) electrons. The molecule has 0 spiro atoms. The first-order valence-corrected chi connectivity index (χ1v) is 5.87. The molecular formula is C13H17FN2O. The van der Waals surface area contributed by atoms with Gasteiger partial charge in [0.25, 0.3) is 5.91 Å². The minimum Gasteiger partial charge on any atom is -0.333 e. The van der Waals surface area contributed by atoms with Crippen molar-refractivity contribution in [3.05, 3.63) is 35.1 Å². The molecule has 92 valence electrons. The summed E-state index contributed by atoms with van der Waals surface area (Å²) in [6, 6.07) is 4.50. The molecule has 1 saturated heterocycles. The highest BCUT2D eigenvalue weighted by Gasteiger charge is 2.24. The number of hydrogen-bond acceptors (Lipinski definition) is 2. The lowest BCUT2D eigenvalue weighted by atomic mass is 10.1. The molecule has 0 aliphatic carbocycles. The third-order valence-electron chi connectivity index (χ3n) is 3.18. The summed E-state index contributed by atoms with van der Waals surface area (Å²) >= 11 is 0. The van der Waals surface area contributed by atoms with E-state index in [2.05, 4.69) is 5.32 Å². The van der Waals surface area contributed by atoms with Crippen LogP contribution in [-0.2, 0) is 0 Å². The maximum Gasteiger partial charge on any atom is 0.254 e. The van der Waals surface area contributed by atoms with Crippen molar-refractivity contribution < 1.29 is 9.18 Å². The number of carbonyl (C=O) groups excluding carboxylic acids is 1. The molecule has 1 aromatic rings. The van der Waals surface area contributed by atoms with Crippen LogP contribution < -0.4 is 5.32 Å². The smallest absolute Gasteiger partial charge is 0.254 e. The van der Waals surface area contributed by atoms with Crippen LogP contribution in [0.5, 0.6) is 0 Å². The van der Waals surface area contributed by atoms with Gasteiger partial charge in [0, 0.05) is 31.2 Å². The summed E-state index contributed by atoms with van der Waals surface area (Å²) in [5.41, 5.74) is 1.29. The van der Waals surface area contributed by atoms with Crippen LogP contribution in [0.25, 0.3) is 0 Å². The Labute approximate surface area is 101 Å². The Bertz CT molecular complexity index is 433. The number of carbonyl (C=O) groups is 1. The minimum atomic E-state index is -0.299. The quantitative estimate of drug-likeness (QED) is 0.802. The van der Waals surface area contributed by atoms with Gasteiger partial charge in [0.1, 0.15) is 5.82 Å². The molecule has 1 atom stereocenters. The van der Waals surface area contributed by atoms with E-state index in [0.29, 0.717) is 17.7 Å². The predicted octanol–water partition coefficient (Wildman–Crippen LogP) is 1.57. The minimum absolute atomic E-state index is 0.00324. The summed E-state index contributed by atoms with van der Waals surface area (Å²) in [6.45, 7) is 6.12. The summed E-state index contributed by atoms with van der Waals surface area (Å²) in [5.74, 6) is -0.302. The van der Waals surface area contributed by atoms with Gasteiger partial charge >= 0.3 is 0 Å². The molecule has 1 aliphatic heterocycles. The zero-order chi connectivity index (χ0) is 12.4. The highest BCUT2D eigenvalue weighted by atomic mass is 19.1. The van der Waals surface area contributed by atoms with Crippen LogP contribution in [0, 0.1) is 12.7 Å². The lowest BCUT2D eigenvalue weighted by Crippen LogP contribution is -2.52. The van der Waals surface area contributed by atoms with E-state index in [1.54, 1.807) is 13.0 Å². The van der Waals surface area contributed by atoms with Gasteiger partial charge < -0.3 is 10.2 Å². The van der Waals surface area contributed by atoms with Crippen molar-refractivity contribution in [2.75, 3.05) is 19.6 Å². The number of benzene rings is 1. The van der Waals surface area contributed by atoms with Crippen molar-refractivity contribution in [2.45, 2.75) is 19.9 Å². The third-order valence-corrected chi connectivity index (χ3v) is 3.18. The number of nitrogens with zero attached hydrogens (tertiary/aromatic N) is 1. The van der Waals surface area contributed by atoms with Gasteiger partial charge in [-0.1, -0.05) is 0 Å². The van der Waals surface area contributed by atoms with Crippen molar-refractivity contribution >= 4 is 5.91 Å². The number of rotatable bonds is 1. The highest BCUT2D eigenvalue weighted by molar-refractivity contribution is 5.95. The van der Waals surface area contributed by atoms with E-state index in [4.69, 9.17) is 0 Å². The Hall–Kier alpha value is -1.42. The van der Waals surface area contributed by atoms with E-state index in [-0.39, 0.29) is 17.8 Å². The predicted molar refractivity (Wildman–Crippen MR) is 64.5 cm³/mol. The zero-order valence-corrected chi connectivity index (χ0v) is 10.2. The van der Waals surface area contributed by atoms with Gasteiger partial charge in [0.2, 0.25) is 0 Å². The Morgan fingerprint density at radius 3 is 2.94 bits per heavy atom. The fraction of sp³-hybridized carbons (Fsp3) is 0.462. The fourth-order valence-corrected chi connectivity index (χ4v) is 2.16. The summed E-state index contributed by atoms with van der Waals surface area (Å²) < 4.78 is 13.0. The Morgan fingerprint density at radius 2 is 2.29 bits per heavy atom. The first-order valence-electron chi connectivity index (χ1n) is 5.87. The normalized spacial score (nSPS) is 20.4. The molecule has 0 saturated carbocycles. The molecule has 1 heterocycles. The molecule has 1 amide bonds. The Morgan fingerprint density at radius 1 is 1.53 bits per heavy atom. The molecule has 17 heavy (non-hydrogen) atoms. The monoisotopic (exact) mass is 236 g/mol. The molecule has 3 nitrogen and oxygen atoms in total. The van der Waals surface area contributed by atoms with Crippen molar-refractivity contribution in [1.29, 1.82) is 0 Å². The van der Waals surface area contributed by atoms with E-state index in [1.165, 1.54) is 12.1 Å². The lowest BCUT2D eigenvalue weighted by Gasteiger charge is -2.34. The Kier molecular flexibility index (Phi) is 3.43. The standard InChI is InChI=1S/C13H17FN2O/c1-9-7-11(14)3-4-12(9)13(17)16-6-5-15-8-10(16)2/h3-4,7,10,15H,5-6,8H2,1-2H3/t10-/m0/s1. The first-order chi connectivity index (χ1) is 8.09. The number of halogens is 1. The summed E-state index contributed by atoms with van der Waals surface area (Å²) in [5, 5.41) is 3.24. The molecule has 1 aromatic carbocycles. The summed E-state index contributed by atoms with van der Waals surface area (Å²) in [4.78, 5) is 14.2. The molecule has 1 N–H and O–H groups in total. The van der Waals surface area contributed by atoms with Crippen LogP contribution in [0.4, 0.5) is 4.39 Å². The number of hydrogen-bond donors (Lipinski definition) is 1. The third kappa shape index (κ3) is 2.47. The largest absolute Gasteiger partial charge is 0.333 e. The average molecular weight is 236 g/mol. The van der Waals surface area contributed by atoms with E-state index >= 15 is 0 Å². The number of piperazine rings is 1. The number of nitrogens with one attached hydrogen (secondary N) is 1. The van der Waals surface area contributed by atoms with Crippen molar-refractivity contribution in [3.63, 3.8) is 0 Å². The van der Waals surface area contributed by atoms with Crippen molar-refractivity contribution in [2.24, 2.45) is 0 Å². The van der Waals surface area contributed by atoms with E-state index in [1.807, 2.05) is 11.8 Å². The van der Waals surface area contributed by atoms with Gasteiger partial charge in [0.05, 0.1) is 0 Å². The zero-order valence-electron chi connectivity index (χ0n) is 10.2. The molecule has 0 aromatic heterocycles. The van der Waals surface area contributed by atoms with E-state index in [9.17, 15) is 9.18 Å². The molecule has 0 bridgehead atoms. The average Bonchev–Trinajstić information content (AvgIpc) is 2.29. The second-order valence-electron chi connectivity index (χ2n) is 4.51. The van der Waals surface area contributed by atoms with Crippen LogP contribution >= 0.6 is 0 Å². The van der Waals surface area contributed by atoms with Crippen LogP contribution in [0.2, 0.25) is 0 Å². The van der Waals surface area contributed by atoms with Gasteiger partial charge in [0.15, 0.2) is 0 Å². The number of amides is 1. The van der Waals surface area contributed by atoms with Gasteiger partial charge in [-0.3, -0.25) is 4.79 Å².